The highest BCUT2D eigenvalue weighted by atomic mass is 16.4. The number of ketones is 1. The number of carbonyl (C=O) groups is 3. The molecule has 0 bridgehead atoms. The van der Waals surface area contributed by atoms with Crippen molar-refractivity contribution in [2.75, 3.05) is 0 Å². The van der Waals surface area contributed by atoms with Gasteiger partial charge in [0.05, 0.1) is 12.5 Å². The zero-order chi connectivity index (χ0) is 16.3. The summed E-state index contributed by atoms with van der Waals surface area (Å²) in [4.78, 5) is 35.7. The van der Waals surface area contributed by atoms with Gasteiger partial charge in [0.25, 0.3) is 0 Å². The lowest BCUT2D eigenvalue weighted by Crippen LogP contribution is -2.52. The van der Waals surface area contributed by atoms with E-state index >= 15 is 0 Å². The monoisotopic (exact) mass is 304 g/mol. The summed E-state index contributed by atoms with van der Waals surface area (Å²) in [7, 11) is 0. The summed E-state index contributed by atoms with van der Waals surface area (Å²) >= 11 is 0. The largest absolute Gasteiger partial charge is 0.481 e. The van der Waals surface area contributed by atoms with E-state index < -0.39 is 35.5 Å². The molecule has 0 radical (unpaired) electrons. The van der Waals surface area contributed by atoms with E-state index in [2.05, 4.69) is 0 Å². The molecular formula is C16H20N2O4. The Morgan fingerprint density at radius 2 is 1.91 bits per heavy atom. The Labute approximate surface area is 128 Å². The molecule has 2 rings (SSSR count). The van der Waals surface area contributed by atoms with Gasteiger partial charge < -0.3 is 16.6 Å². The summed E-state index contributed by atoms with van der Waals surface area (Å²) in [6.07, 6.45) is 1.13. The molecule has 0 unspecified atom stereocenters. The summed E-state index contributed by atoms with van der Waals surface area (Å²) in [5.74, 6) is -2.80. The van der Waals surface area contributed by atoms with Crippen LogP contribution in [0.15, 0.2) is 30.3 Å². The fraction of sp³-hybridized carbons (Fsp3) is 0.438. The first-order valence-electron chi connectivity index (χ1n) is 7.26. The summed E-state index contributed by atoms with van der Waals surface area (Å²) in [6.45, 7) is 0. The molecule has 1 fully saturated rings. The number of carbonyl (C=O) groups excluding carboxylic acids is 2. The van der Waals surface area contributed by atoms with Crippen LogP contribution in [0.2, 0.25) is 0 Å². The molecule has 1 aromatic rings. The zero-order valence-electron chi connectivity index (χ0n) is 12.2. The number of carboxylic acids is 1. The number of hydrogen-bond acceptors (Lipinski definition) is 4. The van der Waals surface area contributed by atoms with E-state index in [1.165, 1.54) is 0 Å². The number of aliphatic carboxylic acids is 1. The van der Waals surface area contributed by atoms with Crippen molar-refractivity contribution in [2.45, 2.75) is 37.6 Å². The molecule has 0 spiro atoms. The van der Waals surface area contributed by atoms with Crippen LogP contribution in [0, 0.1) is 5.41 Å². The van der Waals surface area contributed by atoms with Crippen molar-refractivity contribution in [2.24, 2.45) is 16.9 Å². The Kier molecular flexibility index (Phi) is 4.61. The Hall–Kier alpha value is -2.21. The molecule has 6 nitrogen and oxygen atoms in total. The molecule has 1 aliphatic carbocycles. The first-order chi connectivity index (χ1) is 10.4. The molecule has 1 saturated carbocycles. The summed E-state index contributed by atoms with van der Waals surface area (Å²) in [5.41, 5.74) is 10.7. The van der Waals surface area contributed by atoms with Crippen LogP contribution in [0.5, 0.6) is 0 Å². The quantitative estimate of drug-likeness (QED) is 0.670. The molecule has 1 amide bonds. The molecule has 5 N–H and O–H groups in total. The lowest BCUT2D eigenvalue weighted by atomic mass is 9.68. The number of rotatable bonds is 6. The van der Waals surface area contributed by atoms with Crippen LogP contribution in [0.3, 0.4) is 0 Å². The molecule has 0 heterocycles. The second-order valence-electron chi connectivity index (χ2n) is 5.76. The van der Waals surface area contributed by atoms with Gasteiger partial charge >= 0.3 is 5.97 Å². The fourth-order valence-corrected chi connectivity index (χ4v) is 3.47. The summed E-state index contributed by atoms with van der Waals surface area (Å²) in [5, 5.41) is 8.83. The Bertz CT molecular complexity index is 587. The minimum atomic E-state index is -1.41. The van der Waals surface area contributed by atoms with Crippen LogP contribution in [-0.2, 0) is 14.4 Å². The molecule has 0 aliphatic heterocycles. The molecule has 118 valence electrons. The molecule has 0 saturated heterocycles. The van der Waals surface area contributed by atoms with Crippen LogP contribution >= 0.6 is 0 Å². The first kappa shape index (κ1) is 16.2. The molecular weight excluding hydrogens is 284 g/mol. The predicted octanol–water partition coefficient (Wildman–Crippen LogP) is 0.797. The van der Waals surface area contributed by atoms with E-state index in [1.54, 1.807) is 0 Å². The van der Waals surface area contributed by atoms with E-state index in [4.69, 9.17) is 16.6 Å². The molecule has 6 heteroatoms. The average molecular weight is 304 g/mol. The Morgan fingerprint density at radius 1 is 1.27 bits per heavy atom. The lowest BCUT2D eigenvalue weighted by molar-refractivity contribution is -0.145. The van der Waals surface area contributed by atoms with Gasteiger partial charge in [-0.15, -0.1) is 0 Å². The van der Waals surface area contributed by atoms with Crippen molar-refractivity contribution < 1.29 is 19.5 Å². The number of benzene rings is 1. The van der Waals surface area contributed by atoms with Gasteiger partial charge in [-0.1, -0.05) is 36.8 Å². The number of amides is 1. The second-order valence-corrected chi connectivity index (χ2v) is 5.76. The van der Waals surface area contributed by atoms with E-state index in [0.717, 1.165) is 5.56 Å². The average Bonchev–Trinajstić information content (AvgIpc) is 2.92. The second kappa shape index (κ2) is 6.27. The van der Waals surface area contributed by atoms with E-state index in [9.17, 15) is 14.4 Å². The highest BCUT2D eigenvalue weighted by Gasteiger charge is 2.55. The zero-order valence-corrected chi connectivity index (χ0v) is 12.2. The van der Waals surface area contributed by atoms with Crippen molar-refractivity contribution in [1.82, 2.24) is 0 Å². The highest BCUT2D eigenvalue weighted by molar-refractivity contribution is 6.09. The van der Waals surface area contributed by atoms with Crippen LogP contribution in [-0.4, -0.2) is 28.8 Å². The molecule has 22 heavy (non-hydrogen) atoms. The Balaban J connectivity index is 2.41. The van der Waals surface area contributed by atoms with Gasteiger partial charge in [-0.05, 0) is 18.4 Å². The predicted molar refractivity (Wildman–Crippen MR) is 79.9 cm³/mol. The van der Waals surface area contributed by atoms with Crippen molar-refractivity contribution >= 4 is 17.7 Å². The maximum Gasteiger partial charge on any atom is 0.305 e. The third-order valence-electron chi connectivity index (χ3n) is 4.47. The van der Waals surface area contributed by atoms with Crippen LogP contribution in [0.4, 0.5) is 0 Å². The number of hydrogen-bond donors (Lipinski definition) is 3. The van der Waals surface area contributed by atoms with Crippen LogP contribution in [0.25, 0.3) is 0 Å². The number of primary amides is 1. The highest BCUT2D eigenvalue weighted by Crippen LogP contribution is 2.50. The van der Waals surface area contributed by atoms with Crippen molar-refractivity contribution in [3.63, 3.8) is 0 Å². The van der Waals surface area contributed by atoms with Crippen LogP contribution in [0.1, 0.15) is 37.2 Å². The van der Waals surface area contributed by atoms with Gasteiger partial charge in [-0.3, -0.25) is 14.4 Å². The Morgan fingerprint density at radius 3 is 2.45 bits per heavy atom. The van der Waals surface area contributed by atoms with Crippen molar-refractivity contribution in [3.8, 4) is 0 Å². The minimum Gasteiger partial charge on any atom is -0.481 e. The third kappa shape index (κ3) is 2.74. The molecule has 3 atom stereocenters. The van der Waals surface area contributed by atoms with Crippen molar-refractivity contribution in [3.05, 3.63) is 35.9 Å². The van der Waals surface area contributed by atoms with Crippen LogP contribution < -0.4 is 11.5 Å². The SMILES string of the molecule is NC(=O)[C@]1(C(=O)[C@@H](N)CC(=O)O)CCC[C@@H]1c1ccccc1. The first-order valence-corrected chi connectivity index (χ1v) is 7.26. The summed E-state index contributed by atoms with van der Waals surface area (Å²) in [6, 6.07) is 7.99. The topological polar surface area (TPSA) is 123 Å². The van der Waals surface area contributed by atoms with Gasteiger partial charge in [0, 0.05) is 5.92 Å². The van der Waals surface area contributed by atoms with Crippen molar-refractivity contribution in [1.29, 1.82) is 0 Å². The van der Waals surface area contributed by atoms with Gasteiger partial charge in [0.1, 0.15) is 5.41 Å². The van der Waals surface area contributed by atoms with Gasteiger partial charge in [0.15, 0.2) is 5.78 Å². The third-order valence-corrected chi connectivity index (χ3v) is 4.47. The molecule has 0 aromatic heterocycles. The van der Waals surface area contributed by atoms with E-state index in [0.29, 0.717) is 19.3 Å². The maximum absolute atomic E-state index is 12.7. The number of carboxylic acid groups (broad SMARTS) is 1. The fourth-order valence-electron chi connectivity index (χ4n) is 3.47. The standard InChI is InChI=1S/C16H20N2O4/c17-12(9-13(19)20)14(21)16(15(18)22)8-4-7-11(16)10-5-2-1-3-6-10/h1-3,5-6,11-12H,4,7-9,17H2,(H2,18,22)(H,19,20)/t11-,12+,16-/m1/s1. The van der Waals surface area contributed by atoms with Gasteiger partial charge in [-0.25, -0.2) is 0 Å². The lowest BCUT2D eigenvalue weighted by Gasteiger charge is -2.33. The smallest absolute Gasteiger partial charge is 0.305 e. The summed E-state index contributed by atoms with van der Waals surface area (Å²) < 4.78 is 0. The minimum absolute atomic E-state index is 0.314. The van der Waals surface area contributed by atoms with E-state index in [1.807, 2.05) is 30.3 Å². The van der Waals surface area contributed by atoms with Gasteiger partial charge in [-0.2, -0.15) is 0 Å². The maximum atomic E-state index is 12.7. The van der Waals surface area contributed by atoms with Gasteiger partial charge in [0.2, 0.25) is 5.91 Å². The molecule has 1 aliphatic rings. The normalized spacial score (nSPS) is 25.6. The van der Waals surface area contributed by atoms with E-state index in [-0.39, 0.29) is 5.92 Å². The number of Topliss-reactive ketones (excluding diaryl/α,β-unsaturated/α-hetero) is 1. The molecule has 1 aromatic carbocycles. The number of nitrogens with two attached hydrogens (primary N) is 2.